The summed E-state index contributed by atoms with van der Waals surface area (Å²) in [5.74, 6) is -1.44. The molecule has 3 nitrogen and oxygen atoms in total. The van der Waals surface area contributed by atoms with Crippen molar-refractivity contribution in [1.29, 1.82) is 0 Å². The summed E-state index contributed by atoms with van der Waals surface area (Å²) in [4.78, 5) is 21.9. The van der Waals surface area contributed by atoms with E-state index in [9.17, 15) is 9.59 Å². The summed E-state index contributed by atoms with van der Waals surface area (Å²) in [6, 6.07) is 0. The van der Waals surface area contributed by atoms with Gasteiger partial charge in [-0.2, -0.15) is 0 Å². The minimum Gasteiger partial charge on any atom is -0.478 e. The summed E-state index contributed by atoms with van der Waals surface area (Å²) in [6.45, 7) is 0. The maximum atomic E-state index is 11.3. The second-order valence-electron chi connectivity index (χ2n) is 3.08. The highest BCUT2D eigenvalue weighted by molar-refractivity contribution is 6.19. The molecule has 1 unspecified atom stereocenters. The molecule has 1 atom stereocenters. The van der Waals surface area contributed by atoms with Crippen LogP contribution in [0.2, 0.25) is 0 Å². The molecular formula is C9H8O3. The number of carboxylic acids is 1. The van der Waals surface area contributed by atoms with Crippen molar-refractivity contribution in [2.75, 3.05) is 0 Å². The molecule has 0 aromatic rings. The molecule has 12 heavy (non-hydrogen) atoms. The molecule has 0 bridgehead atoms. The minimum atomic E-state index is -1.11. The van der Waals surface area contributed by atoms with Crippen LogP contribution in [0.4, 0.5) is 0 Å². The molecule has 0 amide bonds. The Morgan fingerprint density at radius 3 is 2.75 bits per heavy atom. The largest absolute Gasteiger partial charge is 0.478 e. The summed E-state index contributed by atoms with van der Waals surface area (Å²) in [5, 5.41) is 8.62. The third kappa shape index (κ3) is 0.826. The fourth-order valence-corrected chi connectivity index (χ4v) is 1.59. The number of fused-ring (bicyclic) bond motifs is 1. The standard InChI is InChI=1S/C9H8O3/c10-8-6-3-1-5(6)2-4-7(8)9(11)12/h2,4,6H,1,3H2,(H,11,12). The van der Waals surface area contributed by atoms with Crippen molar-refractivity contribution in [3.63, 3.8) is 0 Å². The Hall–Kier alpha value is -1.38. The first-order chi connectivity index (χ1) is 5.70. The second kappa shape index (κ2) is 2.30. The number of carboxylic acid groups (broad SMARTS) is 1. The van der Waals surface area contributed by atoms with Crippen molar-refractivity contribution in [2.45, 2.75) is 12.8 Å². The fraction of sp³-hybridized carbons (Fsp3) is 0.333. The number of hydrogen-bond acceptors (Lipinski definition) is 2. The third-order valence-corrected chi connectivity index (χ3v) is 2.45. The molecule has 2 rings (SSSR count). The van der Waals surface area contributed by atoms with Crippen molar-refractivity contribution in [3.8, 4) is 0 Å². The zero-order valence-electron chi connectivity index (χ0n) is 6.41. The van der Waals surface area contributed by atoms with Crippen molar-refractivity contribution < 1.29 is 14.7 Å². The predicted octanol–water partition coefficient (Wildman–Crippen LogP) is 0.917. The highest BCUT2D eigenvalue weighted by Gasteiger charge is 2.36. The number of allylic oxidation sites excluding steroid dienone is 3. The molecule has 2 aliphatic rings. The molecule has 0 aromatic carbocycles. The first kappa shape index (κ1) is 7.28. The van der Waals surface area contributed by atoms with Crippen molar-refractivity contribution in [1.82, 2.24) is 0 Å². The monoisotopic (exact) mass is 164 g/mol. The molecule has 0 saturated heterocycles. The molecule has 0 heterocycles. The summed E-state index contributed by atoms with van der Waals surface area (Å²) in [6.07, 6.45) is 4.93. The zero-order valence-corrected chi connectivity index (χ0v) is 6.41. The Morgan fingerprint density at radius 1 is 1.50 bits per heavy atom. The Balaban J connectivity index is 2.36. The van der Waals surface area contributed by atoms with E-state index in [4.69, 9.17) is 5.11 Å². The van der Waals surface area contributed by atoms with E-state index >= 15 is 0 Å². The van der Waals surface area contributed by atoms with Gasteiger partial charge in [-0.05, 0) is 18.9 Å². The lowest BCUT2D eigenvalue weighted by Gasteiger charge is -2.30. The van der Waals surface area contributed by atoms with Gasteiger partial charge in [0, 0.05) is 5.92 Å². The Bertz CT molecular complexity index is 323. The maximum Gasteiger partial charge on any atom is 0.339 e. The number of rotatable bonds is 1. The van der Waals surface area contributed by atoms with E-state index in [1.54, 1.807) is 6.08 Å². The topological polar surface area (TPSA) is 54.4 Å². The number of carbonyl (C=O) groups is 2. The van der Waals surface area contributed by atoms with Crippen LogP contribution in [0.5, 0.6) is 0 Å². The molecule has 3 heteroatoms. The van der Waals surface area contributed by atoms with Crippen LogP contribution in [0.1, 0.15) is 12.8 Å². The first-order valence-corrected chi connectivity index (χ1v) is 3.88. The van der Waals surface area contributed by atoms with Crippen LogP contribution in [-0.4, -0.2) is 16.9 Å². The lowest BCUT2D eigenvalue weighted by atomic mass is 9.72. The van der Waals surface area contributed by atoms with Gasteiger partial charge in [0.25, 0.3) is 0 Å². The Labute approximate surface area is 69.4 Å². The molecule has 62 valence electrons. The van der Waals surface area contributed by atoms with Gasteiger partial charge in [-0.3, -0.25) is 4.79 Å². The molecule has 0 aromatic heterocycles. The smallest absolute Gasteiger partial charge is 0.339 e. The predicted molar refractivity (Wildman–Crippen MR) is 41.5 cm³/mol. The van der Waals surface area contributed by atoms with Gasteiger partial charge >= 0.3 is 5.97 Å². The van der Waals surface area contributed by atoms with Crippen LogP contribution in [-0.2, 0) is 9.59 Å². The van der Waals surface area contributed by atoms with Crippen LogP contribution in [0.25, 0.3) is 0 Å². The number of ketones is 1. The maximum absolute atomic E-state index is 11.3. The highest BCUT2D eigenvalue weighted by Crippen LogP contribution is 2.38. The lowest BCUT2D eigenvalue weighted by Crippen LogP contribution is -2.31. The van der Waals surface area contributed by atoms with Gasteiger partial charge in [0.1, 0.15) is 5.57 Å². The van der Waals surface area contributed by atoms with Crippen molar-refractivity contribution in [2.24, 2.45) is 5.92 Å². The highest BCUT2D eigenvalue weighted by atomic mass is 16.4. The normalized spacial score (nSPS) is 26.7. The second-order valence-corrected chi connectivity index (χ2v) is 3.08. The Kier molecular flexibility index (Phi) is 1.40. The fourth-order valence-electron chi connectivity index (χ4n) is 1.59. The number of aliphatic carboxylic acids is 1. The van der Waals surface area contributed by atoms with Gasteiger partial charge in [0.05, 0.1) is 0 Å². The van der Waals surface area contributed by atoms with Crippen LogP contribution < -0.4 is 0 Å². The molecular weight excluding hydrogens is 156 g/mol. The number of carbonyl (C=O) groups excluding carboxylic acids is 1. The van der Waals surface area contributed by atoms with E-state index in [0.717, 1.165) is 18.4 Å². The van der Waals surface area contributed by atoms with Crippen LogP contribution >= 0.6 is 0 Å². The summed E-state index contributed by atoms with van der Waals surface area (Å²) in [7, 11) is 0. The lowest BCUT2D eigenvalue weighted by molar-refractivity contribution is -0.135. The third-order valence-electron chi connectivity index (χ3n) is 2.45. The molecule has 2 aliphatic carbocycles. The van der Waals surface area contributed by atoms with Gasteiger partial charge in [-0.25, -0.2) is 4.79 Å². The van der Waals surface area contributed by atoms with Crippen LogP contribution in [0.15, 0.2) is 23.3 Å². The van der Waals surface area contributed by atoms with E-state index in [-0.39, 0.29) is 17.3 Å². The van der Waals surface area contributed by atoms with E-state index in [2.05, 4.69) is 0 Å². The molecule has 0 spiro atoms. The van der Waals surface area contributed by atoms with E-state index in [0.29, 0.717) is 0 Å². The van der Waals surface area contributed by atoms with Gasteiger partial charge in [-0.1, -0.05) is 11.6 Å². The summed E-state index contributed by atoms with van der Waals surface area (Å²) >= 11 is 0. The van der Waals surface area contributed by atoms with Crippen molar-refractivity contribution in [3.05, 3.63) is 23.3 Å². The van der Waals surface area contributed by atoms with Gasteiger partial charge in [-0.15, -0.1) is 0 Å². The molecule has 0 radical (unpaired) electrons. The van der Waals surface area contributed by atoms with Gasteiger partial charge < -0.3 is 5.11 Å². The van der Waals surface area contributed by atoms with E-state index in [1.165, 1.54) is 6.08 Å². The average Bonchev–Trinajstić information content (AvgIpc) is 1.92. The van der Waals surface area contributed by atoms with E-state index in [1.807, 2.05) is 0 Å². The average molecular weight is 164 g/mol. The van der Waals surface area contributed by atoms with Crippen molar-refractivity contribution >= 4 is 11.8 Å². The molecule has 1 fully saturated rings. The number of Topliss-reactive ketones (excluding diaryl/α,β-unsaturated/α-hetero) is 1. The Morgan fingerprint density at radius 2 is 2.25 bits per heavy atom. The quantitative estimate of drug-likeness (QED) is 0.586. The van der Waals surface area contributed by atoms with Gasteiger partial charge in [0.2, 0.25) is 0 Å². The minimum absolute atomic E-state index is 0.0662. The van der Waals surface area contributed by atoms with Crippen LogP contribution in [0.3, 0.4) is 0 Å². The van der Waals surface area contributed by atoms with Gasteiger partial charge in [0.15, 0.2) is 5.78 Å². The zero-order chi connectivity index (χ0) is 8.72. The SMILES string of the molecule is O=C(O)C1=CC=C2CCC2C1=O. The van der Waals surface area contributed by atoms with Crippen LogP contribution in [0, 0.1) is 5.92 Å². The number of hydrogen-bond donors (Lipinski definition) is 1. The molecule has 1 saturated carbocycles. The summed E-state index contributed by atoms with van der Waals surface area (Å²) in [5.41, 5.74) is 1.02. The molecule has 1 N–H and O–H groups in total. The van der Waals surface area contributed by atoms with E-state index < -0.39 is 5.97 Å². The first-order valence-electron chi connectivity index (χ1n) is 3.88. The molecule has 0 aliphatic heterocycles. The summed E-state index contributed by atoms with van der Waals surface area (Å²) < 4.78 is 0.